The zero-order valence-corrected chi connectivity index (χ0v) is 11.8. The van der Waals surface area contributed by atoms with Crippen LogP contribution < -0.4 is 0 Å². The lowest BCUT2D eigenvalue weighted by molar-refractivity contribution is -0.254. The van der Waals surface area contributed by atoms with Crippen LogP contribution in [0.5, 0.6) is 0 Å². The quantitative estimate of drug-likeness (QED) is 0.872. The van der Waals surface area contributed by atoms with E-state index in [1.807, 2.05) is 6.07 Å². The molecule has 1 aliphatic heterocycles. The highest BCUT2D eigenvalue weighted by molar-refractivity contribution is 5.15. The average molecular weight is 248 g/mol. The molecule has 0 radical (unpaired) electrons. The number of piperazine rings is 1. The van der Waals surface area contributed by atoms with Gasteiger partial charge in [0.1, 0.15) is 0 Å². The molecule has 3 nitrogen and oxygen atoms in total. The van der Waals surface area contributed by atoms with Crippen LogP contribution in [0.25, 0.3) is 0 Å². The summed E-state index contributed by atoms with van der Waals surface area (Å²) >= 11 is 0. The van der Waals surface area contributed by atoms with Crippen molar-refractivity contribution < 1.29 is 5.21 Å². The molecule has 0 saturated carbocycles. The third kappa shape index (κ3) is 2.74. The second-order valence-electron chi connectivity index (χ2n) is 6.57. The summed E-state index contributed by atoms with van der Waals surface area (Å²) < 4.78 is 0. The van der Waals surface area contributed by atoms with Crippen molar-refractivity contribution in [2.45, 2.75) is 45.3 Å². The number of benzene rings is 1. The first-order valence-corrected chi connectivity index (χ1v) is 6.57. The van der Waals surface area contributed by atoms with E-state index in [-0.39, 0.29) is 11.1 Å². The molecule has 0 aromatic heterocycles. The molecule has 2 rings (SSSR count). The van der Waals surface area contributed by atoms with Crippen LogP contribution >= 0.6 is 0 Å². The fourth-order valence-electron chi connectivity index (χ4n) is 3.06. The van der Waals surface area contributed by atoms with Crippen LogP contribution in [0.4, 0.5) is 0 Å². The fourth-order valence-corrected chi connectivity index (χ4v) is 3.06. The minimum atomic E-state index is -0.212. The maximum absolute atomic E-state index is 10.3. The Morgan fingerprint density at radius 1 is 1.00 bits per heavy atom. The molecule has 100 valence electrons. The molecular weight excluding hydrogens is 224 g/mol. The highest BCUT2D eigenvalue weighted by atomic mass is 16.5. The largest absolute Gasteiger partial charge is 0.313 e. The summed E-state index contributed by atoms with van der Waals surface area (Å²) in [6, 6.07) is 10.5. The standard InChI is InChI=1S/C15H24N2O/c1-14(2)11-16(12-15(3,4)17(14)18)10-13-8-6-5-7-9-13/h5-9,18H,10-12H2,1-4H3. The summed E-state index contributed by atoms with van der Waals surface area (Å²) in [6.45, 7) is 11.1. The zero-order valence-electron chi connectivity index (χ0n) is 11.8. The summed E-state index contributed by atoms with van der Waals surface area (Å²) in [5.41, 5.74) is 0.906. The van der Waals surface area contributed by atoms with Crippen LogP contribution in [0.15, 0.2) is 30.3 Å². The van der Waals surface area contributed by atoms with Crippen molar-refractivity contribution >= 4 is 0 Å². The topological polar surface area (TPSA) is 26.7 Å². The van der Waals surface area contributed by atoms with Gasteiger partial charge in [0.05, 0.1) is 11.1 Å². The number of hydroxylamine groups is 2. The normalized spacial score (nSPS) is 24.1. The Hall–Kier alpha value is -0.900. The lowest BCUT2D eigenvalue weighted by atomic mass is 9.90. The molecule has 18 heavy (non-hydrogen) atoms. The third-order valence-electron chi connectivity index (χ3n) is 3.62. The van der Waals surface area contributed by atoms with Crippen LogP contribution in [-0.4, -0.2) is 39.3 Å². The van der Waals surface area contributed by atoms with Gasteiger partial charge in [0.15, 0.2) is 0 Å². The van der Waals surface area contributed by atoms with Gasteiger partial charge in [0, 0.05) is 19.6 Å². The lowest BCUT2D eigenvalue weighted by Crippen LogP contribution is -2.66. The van der Waals surface area contributed by atoms with Crippen molar-refractivity contribution in [3.8, 4) is 0 Å². The Bertz CT molecular complexity index is 382. The monoisotopic (exact) mass is 248 g/mol. The van der Waals surface area contributed by atoms with E-state index in [1.165, 1.54) is 10.6 Å². The van der Waals surface area contributed by atoms with Crippen molar-refractivity contribution in [1.29, 1.82) is 0 Å². The first-order chi connectivity index (χ1) is 8.31. The van der Waals surface area contributed by atoms with E-state index in [4.69, 9.17) is 0 Å². The van der Waals surface area contributed by atoms with Crippen molar-refractivity contribution in [3.63, 3.8) is 0 Å². The van der Waals surface area contributed by atoms with Crippen LogP contribution in [0.3, 0.4) is 0 Å². The van der Waals surface area contributed by atoms with Gasteiger partial charge in [-0.05, 0) is 33.3 Å². The van der Waals surface area contributed by atoms with E-state index >= 15 is 0 Å². The molecule has 0 bridgehead atoms. The molecule has 0 aliphatic carbocycles. The summed E-state index contributed by atoms with van der Waals surface area (Å²) in [4.78, 5) is 2.42. The van der Waals surface area contributed by atoms with E-state index in [9.17, 15) is 5.21 Å². The highest BCUT2D eigenvalue weighted by Crippen LogP contribution is 2.30. The molecule has 1 N–H and O–H groups in total. The van der Waals surface area contributed by atoms with Crippen LogP contribution in [0.1, 0.15) is 33.3 Å². The molecule has 0 amide bonds. The molecule has 1 saturated heterocycles. The Kier molecular flexibility index (Phi) is 3.49. The highest BCUT2D eigenvalue weighted by Gasteiger charge is 2.43. The Balaban J connectivity index is 2.12. The van der Waals surface area contributed by atoms with Gasteiger partial charge in [-0.15, -0.1) is 0 Å². The summed E-state index contributed by atoms with van der Waals surface area (Å²) in [5.74, 6) is 0. The van der Waals surface area contributed by atoms with Gasteiger partial charge in [0.2, 0.25) is 0 Å². The lowest BCUT2D eigenvalue weighted by Gasteiger charge is -2.52. The molecule has 1 aromatic carbocycles. The second-order valence-corrected chi connectivity index (χ2v) is 6.57. The van der Waals surface area contributed by atoms with Gasteiger partial charge in [-0.3, -0.25) is 4.90 Å². The minimum absolute atomic E-state index is 0.212. The van der Waals surface area contributed by atoms with Gasteiger partial charge in [0.25, 0.3) is 0 Å². The average Bonchev–Trinajstić information content (AvgIpc) is 2.26. The van der Waals surface area contributed by atoms with E-state index in [2.05, 4.69) is 56.9 Å². The molecule has 1 fully saturated rings. The van der Waals surface area contributed by atoms with Gasteiger partial charge in [-0.25, -0.2) is 0 Å². The Labute approximate surface area is 110 Å². The summed E-state index contributed by atoms with van der Waals surface area (Å²) in [7, 11) is 0. The number of hydrogen-bond acceptors (Lipinski definition) is 3. The Morgan fingerprint density at radius 3 is 2.00 bits per heavy atom. The maximum Gasteiger partial charge on any atom is 0.0537 e. The van der Waals surface area contributed by atoms with E-state index in [0.717, 1.165) is 19.6 Å². The zero-order chi connectivity index (χ0) is 13.4. The van der Waals surface area contributed by atoms with E-state index in [1.54, 1.807) is 0 Å². The SMILES string of the molecule is CC1(C)CN(Cc2ccccc2)CC(C)(C)N1O. The van der Waals surface area contributed by atoms with Crippen molar-refractivity contribution in [2.75, 3.05) is 13.1 Å². The van der Waals surface area contributed by atoms with Crippen LogP contribution in [0.2, 0.25) is 0 Å². The van der Waals surface area contributed by atoms with Gasteiger partial charge >= 0.3 is 0 Å². The van der Waals surface area contributed by atoms with E-state index < -0.39 is 0 Å². The molecule has 0 spiro atoms. The molecule has 1 heterocycles. The Morgan fingerprint density at radius 2 is 1.50 bits per heavy atom. The van der Waals surface area contributed by atoms with Crippen LogP contribution in [-0.2, 0) is 6.54 Å². The third-order valence-corrected chi connectivity index (χ3v) is 3.62. The molecule has 3 heteroatoms. The minimum Gasteiger partial charge on any atom is -0.313 e. The first kappa shape index (κ1) is 13.5. The number of rotatable bonds is 2. The first-order valence-electron chi connectivity index (χ1n) is 6.57. The predicted molar refractivity (Wildman–Crippen MR) is 73.5 cm³/mol. The number of hydrogen-bond donors (Lipinski definition) is 1. The summed E-state index contributed by atoms with van der Waals surface area (Å²) in [5, 5.41) is 11.8. The maximum atomic E-state index is 10.3. The summed E-state index contributed by atoms with van der Waals surface area (Å²) in [6.07, 6.45) is 0. The van der Waals surface area contributed by atoms with Crippen molar-refractivity contribution in [3.05, 3.63) is 35.9 Å². The predicted octanol–water partition coefficient (Wildman–Crippen LogP) is 2.75. The molecular formula is C15H24N2O. The molecule has 0 atom stereocenters. The van der Waals surface area contributed by atoms with Crippen LogP contribution in [0, 0.1) is 0 Å². The van der Waals surface area contributed by atoms with Gasteiger partial charge in [-0.2, -0.15) is 5.06 Å². The second kappa shape index (κ2) is 4.65. The van der Waals surface area contributed by atoms with Gasteiger partial charge < -0.3 is 5.21 Å². The fraction of sp³-hybridized carbons (Fsp3) is 0.600. The number of nitrogens with zero attached hydrogens (tertiary/aromatic N) is 2. The smallest absolute Gasteiger partial charge is 0.0537 e. The molecule has 0 unspecified atom stereocenters. The van der Waals surface area contributed by atoms with E-state index in [0.29, 0.717) is 0 Å². The van der Waals surface area contributed by atoms with Gasteiger partial charge in [-0.1, -0.05) is 30.3 Å². The van der Waals surface area contributed by atoms with Crippen molar-refractivity contribution in [1.82, 2.24) is 9.96 Å². The molecule has 1 aliphatic rings. The van der Waals surface area contributed by atoms with Crippen molar-refractivity contribution in [2.24, 2.45) is 0 Å². The molecule has 1 aromatic rings.